The highest BCUT2D eigenvalue weighted by Crippen LogP contribution is 2.50. The van der Waals surface area contributed by atoms with Gasteiger partial charge in [0, 0.05) is 42.1 Å². The molecule has 250 valence electrons. The summed E-state index contributed by atoms with van der Waals surface area (Å²) in [5, 5.41) is 29.0. The fraction of sp³-hybridized carbons (Fsp3) is 0.0435. The topological polar surface area (TPSA) is 58.9 Å². The first-order chi connectivity index (χ1) is 25.7. The Morgan fingerprint density at radius 2 is 0.731 bits per heavy atom. The summed E-state index contributed by atoms with van der Waals surface area (Å²) < 4.78 is 18.3. The van der Waals surface area contributed by atoms with Crippen molar-refractivity contribution in [2.45, 2.75) is 13.2 Å². The van der Waals surface area contributed by atoms with E-state index in [1.54, 1.807) is 22.7 Å². The van der Waals surface area contributed by atoms with Crippen molar-refractivity contribution in [2.24, 2.45) is 0 Å². The molecule has 0 spiro atoms. The number of hydrogen-bond acceptors (Lipinski definition) is 6. The Kier molecular flexibility index (Phi) is 7.44. The lowest BCUT2D eigenvalue weighted by atomic mass is 9.92. The van der Waals surface area contributed by atoms with Crippen molar-refractivity contribution >= 4 is 84.6 Å². The molecule has 4 nitrogen and oxygen atoms in total. The van der Waals surface area contributed by atoms with E-state index in [9.17, 15) is 10.2 Å². The number of thiophene rings is 2. The SMILES string of the molecule is OCc1cccc2c1sc1c(Oc3ccc4ccccc4c3-c3c(Oc4cccc5c4sc4c(CO)cccc45)ccc4ccccc34)cccc12. The van der Waals surface area contributed by atoms with E-state index in [4.69, 9.17) is 9.47 Å². The second-order valence-electron chi connectivity index (χ2n) is 12.9. The Hall–Kier alpha value is -5.76. The number of ether oxygens (including phenoxy) is 2. The molecule has 10 aromatic rings. The molecule has 2 N–H and O–H groups in total. The summed E-state index contributed by atoms with van der Waals surface area (Å²) in [6, 6.07) is 49.8. The predicted octanol–water partition coefficient (Wildman–Crippen LogP) is 13.0. The molecule has 2 aromatic heterocycles. The van der Waals surface area contributed by atoms with Gasteiger partial charge in [0.15, 0.2) is 0 Å². The maximum Gasteiger partial charge on any atom is 0.145 e. The number of benzene rings is 8. The van der Waals surface area contributed by atoms with Crippen LogP contribution in [0.3, 0.4) is 0 Å². The van der Waals surface area contributed by atoms with E-state index < -0.39 is 0 Å². The van der Waals surface area contributed by atoms with Crippen molar-refractivity contribution in [2.75, 3.05) is 0 Å². The average molecular weight is 711 g/mol. The van der Waals surface area contributed by atoms with Crippen LogP contribution in [0.2, 0.25) is 0 Å². The van der Waals surface area contributed by atoms with Gasteiger partial charge < -0.3 is 19.7 Å². The van der Waals surface area contributed by atoms with Gasteiger partial charge in [-0.1, -0.05) is 121 Å². The molecule has 0 bridgehead atoms. The standard InChI is InChI=1S/C46H30O4S2/c47-25-29-11-5-15-33-35-17-7-19-39(45(35)51-43(29)33)49-37-23-21-27-9-1-3-13-31(27)41(37)42-32-14-4-2-10-28(32)22-24-38(42)50-40-20-8-18-36-34-16-6-12-30(26-48)44(34)52-46(36)40/h1-24,47-48H,25-26H2. The van der Waals surface area contributed by atoms with Crippen molar-refractivity contribution in [3.05, 3.63) is 157 Å². The van der Waals surface area contributed by atoms with Gasteiger partial charge in [-0.3, -0.25) is 0 Å². The monoisotopic (exact) mass is 710 g/mol. The summed E-state index contributed by atoms with van der Waals surface area (Å²) in [5.74, 6) is 2.97. The average Bonchev–Trinajstić information content (AvgIpc) is 3.78. The first-order valence-electron chi connectivity index (χ1n) is 17.2. The summed E-state index contributed by atoms with van der Waals surface area (Å²) >= 11 is 3.31. The Labute approximate surface area is 307 Å². The molecular formula is C46H30O4S2. The Balaban J connectivity index is 1.21. The lowest BCUT2D eigenvalue weighted by Gasteiger charge is -2.20. The van der Waals surface area contributed by atoms with Gasteiger partial charge in [0.1, 0.15) is 23.0 Å². The lowest BCUT2D eigenvalue weighted by molar-refractivity contribution is 0.283. The van der Waals surface area contributed by atoms with Crippen LogP contribution >= 0.6 is 22.7 Å². The van der Waals surface area contributed by atoms with E-state index in [1.165, 1.54) is 0 Å². The Morgan fingerprint density at radius 1 is 0.346 bits per heavy atom. The normalized spacial score (nSPS) is 11.8. The molecule has 0 amide bonds. The Morgan fingerprint density at radius 3 is 1.17 bits per heavy atom. The fourth-order valence-corrected chi connectivity index (χ4v) is 10.0. The van der Waals surface area contributed by atoms with Gasteiger partial charge >= 0.3 is 0 Å². The van der Waals surface area contributed by atoms with Gasteiger partial charge in [-0.2, -0.15) is 0 Å². The minimum Gasteiger partial charge on any atom is -0.455 e. The van der Waals surface area contributed by atoms with Gasteiger partial charge in [-0.25, -0.2) is 0 Å². The second-order valence-corrected chi connectivity index (χ2v) is 14.9. The molecule has 0 atom stereocenters. The van der Waals surface area contributed by atoms with E-state index >= 15 is 0 Å². The summed E-state index contributed by atoms with van der Waals surface area (Å²) in [4.78, 5) is 0. The van der Waals surface area contributed by atoms with Gasteiger partial charge in [-0.05, 0) is 56.9 Å². The molecule has 0 fully saturated rings. The fourth-order valence-electron chi connectivity index (χ4n) is 7.54. The lowest BCUT2D eigenvalue weighted by Crippen LogP contribution is -1.95. The quantitative estimate of drug-likeness (QED) is 0.173. The van der Waals surface area contributed by atoms with E-state index in [0.717, 1.165) is 107 Å². The smallest absolute Gasteiger partial charge is 0.145 e. The maximum atomic E-state index is 10.1. The van der Waals surface area contributed by atoms with Crippen molar-refractivity contribution in [1.29, 1.82) is 0 Å². The highest BCUT2D eigenvalue weighted by Gasteiger charge is 2.22. The molecule has 0 unspecified atom stereocenters. The summed E-state index contributed by atoms with van der Waals surface area (Å²) in [7, 11) is 0. The van der Waals surface area contributed by atoms with Crippen molar-refractivity contribution in [3.8, 4) is 34.1 Å². The minimum absolute atomic E-state index is 0.0170. The molecule has 6 heteroatoms. The predicted molar refractivity (Wildman–Crippen MR) is 218 cm³/mol. The molecule has 0 aliphatic heterocycles. The molecular weight excluding hydrogens is 681 g/mol. The molecule has 0 saturated heterocycles. The number of rotatable bonds is 7. The van der Waals surface area contributed by atoms with Crippen LogP contribution in [0.5, 0.6) is 23.0 Å². The van der Waals surface area contributed by atoms with Gasteiger partial charge in [0.25, 0.3) is 0 Å². The van der Waals surface area contributed by atoms with Crippen LogP contribution in [-0.4, -0.2) is 10.2 Å². The summed E-state index contributed by atoms with van der Waals surface area (Å²) in [6.07, 6.45) is 0. The third-order valence-corrected chi connectivity index (χ3v) is 12.6. The molecule has 0 aliphatic carbocycles. The van der Waals surface area contributed by atoms with Gasteiger partial charge in [0.05, 0.1) is 22.6 Å². The molecule has 8 aromatic carbocycles. The number of hydrogen-bond donors (Lipinski definition) is 2. The van der Waals surface area contributed by atoms with Gasteiger partial charge in [0.2, 0.25) is 0 Å². The first kappa shape index (κ1) is 31.0. The number of aliphatic hydroxyl groups excluding tert-OH is 2. The van der Waals surface area contributed by atoms with E-state index in [-0.39, 0.29) is 13.2 Å². The van der Waals surface area contributed by atoms with Crippen molar-refractivity contribution < 1.29 is 19.7 Å². The second kappa shape index (κ2) is 12.5. The van der Waals surface area contributed by atoms with Crippen LogP contribution in [0.1, 0.15) is 11.1 Å². The number of fused-ring (bicyclic) bond motifs is 8. The molecule has 52 heavy (non-hydrogen) atoms. The zero-order valence-electron chi connectivity index (χ0n) is 27.8. The minimum atomic E-state index is -0.0170. The van der Waals surface area contributed by atoms with E-state index in [0.29, 0.717) is 0 Å². The number of aliphatic hydroxyl groups is 2. The van der Waals surface area contributed by atoms with Crippen LogP contribution in [0, 0.1) is 0 Å². The molecule has 10 rings (SSSR count). The van der Waals surface area contributed by atoms with E-state index in [2.05, 4.69) is 97.1 Å². The van der Waals surface area contributed by atoms with Crippen LogP contribution in [0.25, 0.3) is 73.0 Å². The van der Waals surface area contributed by atoms with Crippen LogP contribution < -0.4 is 9.47 Å². The zero-order chi connectivity index (χ0) is 34.8. The van der Waals surface area contributed by atoms with Crippen LogP contribution in [0.15, 0.2) is 146 Å². The van der Waals surface area contributed by atoms with Crippen molar-refractivity contribution in [3.63, 3.8) is 0 Å². The molecule has 0 radical (unpaired) electrons. The Bertz CT molecular complexity index is 2810. The largest absolute Gasteiger partial charge is 0.455 e. The van der Waals surface area contributed by atoms with Crippen LogP contribution in [0.4, 0.5) is 0 Å². The highest BCUT2D eigenvalue weighted by molar-refractivity contribution is 7.26. The third-order valence-electron chi connectivity index (χ3n) is 9.95. The highest BCUT2D eigenvalue weighted by atomic mass is 32.1. The van der Waals surface area contributed by atoms with Gasteiger partial charge in [-0.15, -0.1) is 22.7 Å². The summed E-state index contributed by atoms with van der Waals surface area (Å²) in [5.41, 5.74) is 3.72. The van der Waals surface area contributed by atoms with Crippen molar-refractivity contribution in [1.82, 2.24) is 0 Å². The zero-order valence-corrected chi connectivity index (χ0v) is 29.4. The third kappa shape index (κ3) is 4.88. The molecule has 0 aliphatic rings. The van der Waals surface area contributed by atoms with Crippen LogP contribution in [-0.2, 0) is 13.2 Å². The summed E-state index contributed by atoms with van der Waals surface area (Å²) in [6.45, 7) is -0.0340. The first-order valence-corrected chi connectivity index (χ1v) is 18.8. The van der Waals surface area contributed by atoms with E-state index in [1.807, 2.05) is 48.5 Å². The molecule has 0 saturated carbocycles. The maximum absolute atomic E-state index is 10.1. The molecule has 2 heterocycles.